The molecule has 12 aromatic rings. The lowest BCUT2D eigenvalue weighted by atomic mass is 9.70. The third-order valence-electron chi connectivity index (χ3n) is 13.7. The van der Waals surface area contributed by atoms with Crippen LogP contribution in [-0.2, 0) is 5.41 Å². The Kier molecular flexibility index (Phi) is 7.14. The highest BCUT2D eigenvalue weighted by Gasteiger charge is 2.52. The van der Waals surface area contributed by atoms with Crippen LogP contribution in [0, 0.1) is 0 Å². The molecule has 1 spiro atoms. The summed E-state index contributed by atoms with van der Waals surface area (Å²) >= 11 is 3.79. The average molecular weight is 822 g/mol. The lowest BCUT2D eigenvalue weighted by Gasteiger charge is -2.32. The van der Waals surface area contributed by atoms with Crippen molar-refractivity contribution in [3.8, 4) is 33.4 Å². The summed E-state index contributed by atoms with van der Waals surface area (Å²) in [5, 5.41) is 7.84. The fourth-order valence-corrected chi connectivity index (χ4v) is 13.5. The molecule has 1 unspecified atom stereocenters. The number of hydrogen-bond donors (Lipinski definition) is 0. The number of nitrogens with zero attached hydrogens (tertiary/aromatic N) is 1. The Morgan fingerprint density at radius 2 is 1.05 bits per heavy atom. The summed E-state index contributed by atoms with van der Waals surface area (Å²) in [6, 6.07) is 79.8. The van der Waals surface area contributed by atoms with Crippen LogP contribution in [0.25, 0.3) is 84.5 Å². The summed E-state index contributed by atoms with van der Waals surface area (Å²) in [4.78, 5) is 2.58. The molecule has 3 heteroatoms. The fraction of sp³-hybridized carbons (Fsp3) is 0.0169. The fourth-order valence-electron chi connectivity index (χ4n) is 11.2. The zero-order valence-corrected chi connectivity index (χ0v) is 35.1. The number of thiophene rings is 2. The minimum Gasteiger partial charge on any atom is -0.308 e. The van der Waals surface area contributed by atoms with Gasteiger partial charge in [-0.15, -0.1) is 22.7 Å². The number of rotatable bonds is 4. The van der Waals surface area contributed by atoms with Crippen molar-refractivity contribution < 1.29 is 0 Å². The average Bonchev–Trinajstić information content (AvgIpc) is 4.07. The zero-order valence-electron chi connectivity index (χ0n) is 33.5. The van der Waals surface area contributed by atoms with E-state index in [9.17, 15) is 0 Å². The Balaban J connectivity index is 1.08. The minimum atomic E-state index is -0.496. The second-order valence-corrected chi connectivity index (χ2v) is 18.8. The predicted molar refractivity (Wildman–Crippen MR) is 266 cm³/mol. The van der Waals surface area contributed by atoms with E-state index in [1.54, 1.807) is 0 Å². The van der Waals surface area contributed by atoms with Crippen LogP contribution in [0.3, 0.4) is 0 Å². The van der Waals surface area contributed by atoms with Crippen LogP contribution in [0.5, 0.6) is 0 Å². The second-order valence-electron chi connectivity index (χ2n) is 16.7. The van der Waals surface area contributed by atoms with Crippen molar-refractivity contribution in [2.45, 2.75) is 5.41 Å². The van der Waals surface area contributed by atoms with Crippen molar-refractivity contribution in [2.24, 2.45) is 0 Å². The monoisotopic (exact) mass is 821 g/mol. The Morgan fingerprint density at radius 3 is 1.95 bits per heavy atom. The van der Waals surface area contributed by atoms with Gasteiger partial charge in [-0.05, 0) is 103 Å². The minimum absolute atomic E-state index is 0.496. The van der Waals surface area contributed by atoms with E-state index < -0.39 is 5.41 Å². The second kappa shape index (κ2) is 12.9. The van der Waals surface area contributed by atoms with Gasteiger partial charge in [0.15, 0.2) is 0 Å². The first kappa shape index (κ1) is 34.4. The Hall–Kier alpha value is -7.30. The van der Waals surface area contributed by atoms with Gasteiger partial charge in [-0.2, -0.15) is 0 Å². The van der Waals surface area contributed by atoms with E-state index in [1.165, 1.54) is 118 Å². The molecule has 14 rings (SSSR count). The van der Waals surface area contributed by atoms with Gasteiger partial charge < -0.3 is 4.90 Å². The van der Waals surface area contributed by atoms with Crippen molar-refractivity contribution in [2.75, 3.05) is 4.90 Å². The third-order valence-corrected chi connectivity index (χ3v) is 16.0. The summed E-state index contributed by atoms with van der Waals surface area (Å²) in [5.74, 6) is 0. The van der Waals surface area contributed by atoms with E-state index >= 15 is 0 Å². The van der Waals surface area contributed by atoms with Gasteiger partial charge in [0.25, 0.3) is 0 Å². The number of hydrogen-bond acceptors (Lipinski definition) is 3. The topological polar surface area (TPSA) is 3.24 Å². The first-order valence-corrected chi connectivity index (χ1v) is 23.0. The smallest absolute Gasteiger partial charge is 0.0726 e. The highest BCUT2D eigenvalue weighted by atomic mass is 32.1. The van der Waals surface area contributed by atoms with E-state index in [-0.39, 0.29) is 0 Å². The van der Waals surface area contributed by atoms with Crippen molar-refractivity contribution >= 4 is 90.9 Å². The molecule has 0 N–H and O–H groups in total. The van der Waals surface area contributed by atoms with Gasteiger partial charge >= 0.3 is 0 Å². The molecule has 62 heavy (non-hydrogen) atoms. The van der Waals surface area contributed by atoms with E-state index in [4.69, 9.17) is 0 Å². The molecule has 1 nitrogen and oxygen atoms in total. The van der Waals surface area contributed by atoms with Crippen LogP contribution in [0.4, 0.5) is 17.1 Å². The molecule has 2 aliphatic carbocycles. The zero-order chi connectivity index (χ0) is 40.5. The molecule has 0 bridgehead atoms. The Bertz CT molecular complexity index is 3830. The van der Waals surface area contributed by atoms with Crippen molar-refractivity contribution in [3.05, 3.63) is 235 Å². The van der Waals surface area contributed by atoms with Gasteiger partial charge in [0.1, 0.15) is 0 Å². The van der Waals surface area contributed by atoms with Crippen LogP contribution in [0.1, 0.15) is 22.3 Å². The molecule has 2 aliphatic rings. The lowest BCUT2D eigenvalue weighted by Crippen LogP contribution is -2.26. The van der Waals surface area contributed by atoms with E-state index in [0.29, 0.717) is 0 Å². The summed E-state index contributed by atoms with van der Waals surface area (Å²) in [6.45, 7) is 0. The van der Waals surface area contributed by atoms with Crippen molar-refractivity contribution in [3.63, 3.8) is 0 Å². The number of anilines is 3. The number of benzene rings is 10. The van der Waals surface area contributed by atoms with E-state index in [2.05, 4.69) is 217 Å². The Labute approximate surface area is 367 Å². The summed E-state index contributed by atoms with van der Waals surface area (Å²) < 4.78 is 5.20. The van der Waals surface area contributed by atoms with Crippen molar-refractivity contribution in [1.29, 1.82) is 0 Å². The number of fused-ring (bicyclic) bond motifs is 18. The summed E-state index contributed by atoms with van der Waals surface area (Å²) in [5.41, 5.74) is 16.1. The molecule has 0 saturated carbocycles. The standard InChI is InChI=1S/C59H35NS2/c1-2-14-36(15-3-1)38-28-31-42-41-18-6-9-22-47(41)59(50(42)34-38)48-23-10-7-20-45(48)57-49(59)24-13-25-51(57)60(52-26-12-21-44-43-19-8-11-27-53(43)62-58(44)52)39-30-32-46-55(35-39)61-54-33-29-37-16-4-5-17-40(37)56(46)54/h1-35H. The van der Waals surface area contributed by atoms with Gasteiger partial charge in [-0.25, -0.2) is 0 Å². The van der Waals surface area contributed by atoms with Crippen LogP contribution >= 0.6 is 22.7 Å². The molecule has 0 aliphatic heterocycles. The van der Waals surface area contributed by atoms with Gasteiger partial charge in [-0.1, -0.05) is 170 Å². The SMILES string of the molecule is c1ccc(-c2ccc3c(c2)C2(c4ccccc4-3)c3ccccc3-c3c(N(c4ccc5c(c4)sc4ccc6ccccc6c45)c4cccc5c4sc4ccccc45)cccc32)cc1. The third kappa shape index (κ3) is 4.56. The predicted octanol–water partition coefficient (Wildman–Crippen LogP) is 17.1. The molecule has 10 aromatic carbocycles. The van der Waals surface area contributed by atoms with Crippen LogP contribution in [0.15, 0.2) is 212 Å². The van der Waals surface area contributed by atoms with E-state index in [1.807, 2.05) is 22.7 Å². The van der Waals surface area contributed by atoms with Crippen LogP contribution in [0.2, 0.25) is 0 Å². The molecule has 0 saturated heterocycles. The maximum atomic E-state index is 2.58. The molecule has 1 atom stereocenters. The van der Waals surface area contributed by atoms with Gasteiger partial charge in [0, 0.05) is 46.9 Å². The maximum absolute atomic E-state index is 2.58. The molecular weight excluding hydrogens is 787 g/mol. The van der Waals surface area contributed by atoms with Crippen molar-refractivity contribution in [1.82, 2.24) is 0 Å². The molecule has 2 heterocycles. The molecule has 2 aromatic heterocycles. The Morgan fingerprint density at radius 1 is 0.355 bits per heavy atom. The maximum Gasteiger partial charge on any atom is 0.0726 e. The molecule has 0 radical (unpaired) electrons. The van der Waals surface area contributed by atoms with E-state index in [0.717, 1.165) is 5.69 Å². The van der Waals surface area contributed by atoms with Gasteiger partial charge in [0.2, 0.25) is 0 Å². The summed E-state index contributed by atoms with van der Waals surface area (Å²) in [7, 11) is 0. The highest BCUT2D eigenvalue weighted by Crippen LogP contribution is 2.65. The first-order chi connectivity index (χ1) is 30.8. The molecule has 288 valence electrons. The molecule has 0 fully saturated rings. The van der Waals surface area contributed by atoms with Crippen LogP contribution in [-0.4, -0.2) is 0 Å². The molecular formula is C59H35NS2. The summed E-state index contributed by atoms with van der Waals surface area (Å²) in [6.07, 6.45) is 0. The quantitative estimate of drug-likeness (QED) is 0.171. The van der Waals surface area contributed by atoms with Crippen LogP contribution < -0.4 is 4.90 Å². The normalized spacial score (nSPS) is 14.8. The van der Waals surface area contributed by atoms with Gasteiger partial charge in [0.05, 0.1) is 21.5 Å². The largest absolute Gasteiger partial charge is 0.308 e. The first-order valence-electron chi connectivity index (χ1n) is 21.3. The molecule has 0 amide bonds. The highest BCUT2D eigenvalue weighted by molar-refractivity contribution is 7.26. The van der Waals surface area contributed by atoms with Gasteiger partial charge in [-0.3, -0.25) is 0 Å². The lowest BCUT2D eigenvalue weighted by molar-refractivity contribution is 0.794.